The SMILES string of the molecule is CCCCOc1ccc(C(=O)N2CCN(C(=O)CCN3CCc4sccc4[C@@H]3c3cccc(F)c3)C[C@@H]2C)cc1. The van der Waals surface area contributed by atoms with Crippen LogP contribution in [0.25, 0.3) is 0 Å². The van der Waals surface area contributed by atoms with Gasteiger partial charge in [-0.3, -0.25) is 14.5 Å². The third kappa shape index (κ3) is 6.39. The van der Waals surface area contributed by atoms with Gasteiger partial charge in [-0.2, -0.15) is 0 Å². The molecule has 2 aromatic carbocycles. The number of carbonyl (C=O) groups excluding carboxylic acids is 2. The van der Waals surface area contributed by atoms with Crippen molar-refractivity contribution in [2.75, 3.05) is 39.3 Å². The number of unbranched alkanes of at least 4 members (excludes halogenated alkanes) is 1. The Morgan fingerprint density at radius 3 is 2.65 bits per heavy atom. The zero-order chi connectivity index (χ0) is 28.1. The summed E-state index contributed by atoms with van der Waals surface area (Å²) in [5.41, 5.74) is 2.78. The van der Waals surface area contributed by atoms with E-state index in [4.69, 9.17) is 4.74 Å². The number of halogens is 1. The first kappa shape index (κ1) is 28.3. The van der Waals surface area contributed by atoms with E-state index in [0.717, 1.165) is 37.1 Å². The molecular weight excluding hydrogens is 525 g/mol. The largest absolute Gasteiger partial charge is 0.494 e. The molecule has 6 nitrogen and oxygen atoms in total. The molecule has 2 aliphatic heterocycles. The molecule has 2 amide bonds. The molecule has 1 fully saturated rings. The van der Waals surface area contributed by atoms with Crippen LogP contribution in [0.5, 0.6) is 5.75 Å². The Kier molecular flexibility index (Phi) is 9.17. The van der Waals surface area contributed by atoms with Crippen LogP contribution in [0.15, 0.2) is 60.0 Å². The maximum absolute atomic E-state index is 14.1. The van der Waals surface area contributed by atoms with Crippen molar-refractivity contribution in [1.29, 1.82) is 0 Å². The van der Waals surface area contributed by atoms with E-state index in [2.05, 4.69) is 23.3 Å². The van der Waals surface area contributed by atoms with Gasteiger partial charge in [-0.05, 0) is 78.7 Å². The molecule has 1 aromatic heterocycles. The van der Waals surface area contributed by atoms with Crippen LogP contribution in [-0.2, 0) is 11.2 Å². The Morgan fingerprint density at radius 2 is 1.90 bits per heavy atom. The molecule has 3 aromatic rings. The molecule has 2 aliphatic rings. The predicted molar refractivity (Wildman–Crippen MR) is 156 cm³/mol. The van der Waals surface area contributed by atoms with Gasteiger partial charge in [-0.15, -0.1) is 11.3 Å². The normalized spacial score (nSPS) is 19.4. The van der Waals surface area contributed by atoms with E-state index in [-0.39, 0.29) is 29.7 Å². The standard InChI is InChI=1S/C32H38FN3O3S/c1-3-4-19-39-27-10-8-24(9-11-27)32(38)36-18-17-35(22-23(36)2)30(37)13-16-34-15-12-29-28(14-20-40-29)31(34)25-6-5-7-26(33)21-25/h5-11,14,20-21,23,31H,3-4,12-13,15-19,22H2,1-2H3/t23-,31-/m0/s1. The first-order valence-electron chi connectivity index (χ1n) is 14.3. The minimum absolute atomic E-state index is 0.0162. The number of amides is 2. The van der Waals surface area contributed by atoms with Gasteiger partial charge in [0.25, 0.3) is 5.91 Å². The van der Waals surface area contributed by atoms with Gasteiger partial charge in [0, 0.05) is 55.6 Å². The Morgan fingerprint density at radius 1 is 1.07 bits per heavy atom. The molecular formula is C32H38FN3O3S. The minimum atomic E-state index is -0.242. The second-order valence-electron chi connectivity index (χ2n) is 10.7. The maximum Gasteiger partial charge on any atom is 0.254 e. The van der Waals surface area contributed by atoms with Crippen molar-refractivity contribution in [2.45, 2.75) is 51.6 Å². The second kappa shape index (κ2) is 13.0. The lowest BCUT2D eigenvalue weighted by Gasteiger charge is -2.41. The highest BCUT2D eigenvalue weighted by atomic mass is 32.1. The van der Waals surface area contributed by atoms with Crippen LogP contribution in [0.1, 0.15) is 65.5 Å². The van der Waals surface area contributed by atoms with E-state index in [0.29, 0.717) is 44.8 Å². The molecule has 0 spiro atoms. The van der Waals surface area contributed by atoms with Crippen molar-refractivity contribution in [3.8, 4) is 5.75 Å². The molecule has 2 atom stereocenters. The van der Waals surface area contributed by atoms with Crippen LogP contribution in [0.3, 0.4) is 0 Å². The molecule has 0 unspecified atom stereocenters. The maximum atomic E-state index is 14.1. The highest BCUT2D eigenvalue weighted by Crippen LogP contribution is 2.38. The van der Waals surface area contributed by atoms with Gasteiger partial charge < -0.3 is 14.5 Å². The number of carbonyl (C=O) groups is 2. The van der Waals surface area contributed by atoms with Crippen LogP contribution in [-0.4, -0.2) is 71.9 Å². The third-order valence-corrected chi connectivity index (χ3v) is 8.95. The lowest BCUT2D eigenvalue weighted by atomic mass is 9.93. The second-order valence-corrected chi connectivity index (χ2v) is 11.7. The molecule has 0 radical (unpaired) electrons. The number of nitrogens with zero attached hydrogens (tertiary/aromatic N) is 3. The lowest BCUT2D eigenvalue weighted by molar-refractivity contribution is -0.134. The van der Waals surface area contributed by atoms with Crippen LogP contribution < -0.4 is 4.74 Å². The fourth-order valence-electron chi connectivity index (χ4n) is 5.75. The zero-order valence-electron chi connectivity index (χ0n) is 23.4. The summed E-state index contributed by atoms with van der Waals surface area (Å²) in [4.78, 5) is 33.9. The monoisotopic (exact) mass is 563 g/mol. The van der Waals surface area contributed by atoms with Crippen LogP contribution in [0.4, 0.5) is 4.39 Å². The van der Waals surface area contributed by atoms with E-state index in [1.165, 1.54) is 16.5 Å². The molecule has 212 valence electrons. The van der Waals surface area contributed by atoms with Gasteiger partial charge in [0.1, 0.15) is 11.6 Å². The summed E-state index contributed by atoms with van der Waals surface area (Å²) in [5.74, 6) is 0.615. The molecule has 3 heterocycles. The summed E-state index contributed by atoms with van der Waals surface area (Å²) in [7, 11) is 0. The number of hydrogen-bond acceptors (Lipinski definition) is 5. The van der Waals surface area contributed by atoms with Crippen molar-refractivity contribution in [3.05, 3.63) is 87.4 Å². The van der Waals surface area contributed by atoms with Gasteiger partial charge in [0.15, 0.2) is 0 Å². The van der Waals surface area contributed by atoms with Crippen molar-refractivity contribution in [1.82, 2.24) is 14.7 Å². The fraction of sp³-hybridized carbons (Fsp3) is 0.438. The Hall–Kier alpha value is -3.23. The summed E-state index contributed by atoms with van der Waals surface area (Å²) in [6.45, 7) is 7.79. The van der Waals surface area contributed by atoms with E-state index in [1.807, 2.05) is 47.1 Å². The molecule has 8 heteroatoms. The first-order chi connectivity index (χ1) is 19.4. The van der Waals surface area contributed by atoms with Crippen LogP contribution in [0.2, 0.25) is 0 Å². The van der Waals surface area contributed by atoms with Gasteiger partial charge >= 0.3 is 0 Å². The molecule has 40 heavy (non-hydrogen) atoms. The Balaban J connectivity index is 1.17. The average Bonchev–Trinajstić information content (AvgIpc) is 3.44. The quantitative estimate of drug-likeness (QED) is 0.310. The van der Waals surface area contributed by atoms with Gasteiger partial charge in [0.05, 0.1) is 12.6 Å². The van der Waals surface area contributed by atoms with Crippen molar-refractivity contribution >= 4 is 23.2 Å². The highest BCUT2D eigenvalue weighted by molar-refractivity contribution is 7.10. The number of rotatable bonds is 9. The Bertz CT molecular complexity index is 1310. The number of thiophene rings is 1. The summed E-state index contributed by atoms with van der Waals surface area (Å²) < 4.78 is 19.8. The number of fused-ring (bicyclic) bond motifs is 1. The smallest absolute Gasteiger partial charge is 0.254 e. The Labute approximate surface area is 240 Å². The van der Waals surface area contributed by atoms with Crippen LogP contribution in [0, 0.1) is 5.82 Å². The van der Waals surface area contributed by atoms with Gasteiger partial charge in [-0.25, -0.2) is 4.39 Å². The average molecular weight is 564 g/mol. The van der Waals surface area contributed by atoms with Crippen molar-refractivity contribution in [2.24, 2.45) is 0 Å². The molecule has 0 saturated carbocycles. The third-order valence-electron chi connectivity index (χ3n) is 7.95. The minimum Gasteiger partial charge on any atom is -0.494 e. The van der Waals surface area contributed by atoms with E-state index in [9.17, 15) is 14.0 Å². The molecule has 1 saturated heterocycles. The zero-order valence-corrected chi connectivity index (χ0v) is 24.2. The van der Waals surface area contributed by atoms with E-state index < -0.39 is 0 Å². The van der Waals surface area contributed by atoms with E-state index >= 15 is 0 Å². The summed E-state index contributed by atoms with van der Waals surface area (Å²) >= 11 is 1.75. The van der Waals surface area contributed by atoms with E-state index in [1.54, 1.807) is 23.5 Å². The summed E-state index contributed by atoms with van der Waals surface area (Å²) in [5, 5.41) is 2.10. The molecule has 5 rings (SSSR count). The molecule has 0 aliphatic carbocycles. The summed E-state index contributed by atoms with van der Waals surface area (Å²) in [6, 6.07) is 16.2. The predicted octanol–water partition coefficient (Wildman–Crippen LogP) is 5.78. The van der Waals surface area contributed by atoms with Gasteiger partial charge in [0.2, 0.25) is 5.91 Å². The fourth-order valence-corrected chi connectivity index (χ4v) is 6.66. The lowest BCUT2D eigenvalue weighted by Crippen LogP contribution is -2.55. The number of hydrogen-bond donors (Lipinski definition) is 0. The number of piperazine rings is 1. The number of ether oxygens (including phenoxy) is 1. The van der Waals surface area contributed by atoms with Crippen LogP contribution >= 0.6 is 11.3 Å². The first-order valence-corrected chi connectivity index (χ1v) is 15.2. The highest BCUT2D eigenvalue weighted by Gasteiger charge is 2.33. The summed E-state index contributed by atoms with van der Waals surface area (Å²) in [6.07, 6.45) is 3.41. The topological polar surface area (TPSA) is 53.1 Å². The van der Waals surface area contributed by atoms with Crippen molar-refractivity contribution in [3.63, 3.8) is 0 Å². The van der Waals surface area contributed by atoms with Crippen molar-refractivity contribution < 1.29 is 18.7 Å². The molecule has 0 N–H and O–H groups in total. The number of benzene rings is 2. The van der Waals surface area contributed by atoms with Gasteiger partial charge in [-0.1, -0.05) is 25.5 Å². The molecule has 0 bridgehead atoms.